The maximum atomic E-state index is 8.38. The minimum absolute atomic E-state index is 0.0302. The highest BCUT2D eigenvalue weighted by Gasteiger charge is 2.00. The van der Waals surface area contributed by atoms with Gasteiger partial charge in [-0.15, -0.1) is 0 Å². The van der Waals surface area contributed by atoms with Crippen LogP contribution in [0.2, 0.25) is 0 Å². The molecule has 0 spiro atoms. The maximum absolute atomic E-state index is 8.38. The Kier molecular flexibility index (Phi) is 3.57. The van der Waals surface area contributed by atoms with Crippen molar-refractivity contribution >= 4 is 0 Å². The topological polar surface area (TPSA) is 41.5 Å². The molecule has 0 saturated carbocycles. The predicted molar refractivity (Wildman–Crippen MR) is 46.3 cm³/mol. The Morgan fingerprint density at radius 3 is 2.67 bits per heavy atom. The van der Waals surface area contributed by atoms with Crippen LogP contribution in [-0.2, 0) is 0 Å². The van der Waals surface area contributed by atoms with Gasteiger partial charge >= 0.3 is 0 Å². The predicted octanol–water partition coefficient (Wildman–Crippen LogP) is 1.43. The van der Waals surface area contributed by atoms with E-state index in [1.807, 2.05) is 37.3 Å². The Labute approximate surface area is 71.9 Å². The lowest BCUT2D eigenvalue weighted by Gasteiger charge is -2.12. The molecule has 0 amide bonds. The van der Waals surface area contributed by atoms with E-state index in [1.54, 1.807) is 0 Å². The van der Waals surface area contributed by atoms with E-state index in [4.69, 9.17) is 9.94 Å². The lowest BCUT2D eigenvalue weighted by molar-refractivity contribution is 0.113. The minimum atomic E-state index is -0.0302. The summed E-state index contributed by atoms with van der Waals surface area (Å²) in [5.74, 6) is 0.820. The molecule has 0 fully saturated rings. The monoisotopic (exact) mass is 167 g/mol. The van der Waals surface area contributed by atoms with Crippen molar-refractivity contribution in [2.45, 2.75) is 13.0 Å². The van der Waals surface area contributed by atoms with E-state index in [0.29, 0.717) is 6.54 Å². The van der Waals surface area contributed by atoms with E-state index in [2.05, 4.69) is 5.48 Å². The molecule has 1 rings (SSSR count). The van der Waals surface area contributed by atoms with Gasteiger partial charge in [-0.05, 0) is 19.1 Å². The molecule has 3 heteroatoms. The van der Waals surface area contributed by atoms with Crippen molar-refractivity contribution in [3.63, 3.8) is 0 Å². The molecule has 1 aromatic carbocycles. The molecule has 0 radical (unpaired) electrons. The van der Waals surface area contributed by atoms with E-state index >= 15 is 0 Å². The zero-order chi connectivity index (χ0) is 8.81. The summed E-state index contributed by atoms with van der Waals surface area (Å²) in [6.07, 6.45) is -0.0302. The van der Waals surface area contributed by atoms with Crippen LogP contribution in [0.4, 0.5) is 0 Å². The minimum Gasteiger partial charge on any atom is -0.489 e. The molecule has 1 aromatic rings. The van der Waals surface area contributed by atoms with Gasteiger partial charge in [0.15, 0.2) is 0 Å². The van der Waals surface area contributed by atoms with E-state index in [-0.39, 0.29) is 6.10 Å². The van der Waals surface area contributed by atoms with Crippen LogP contribution in [0, 0.1) is 0 Å². The number of hydrogen-bond acceptors (Lipinski definition) is 3. The number of ether oxygens (including phenoxy) is 1. The van der Waals surface area contributed by atoms with Crippen molar-refractivity contribution in [2.24, 2.45) is 0 Å². The van der Waals surface area contributed by atoms with Gasteiger partial charge in [-0.3, -0.25) is 0 Å². The first-order valence-corrected chi connectivity index (χ1v) is 3.91. The van der Waals surface area contributed by atoms with Crippen LogP contribution in [0.3, 0.4) is 0 Å². The Bertz CT molecular complexity index is 213. The first-order valence-electron chi connectivity index (χ1n) is 3.91. The van der Waals surface area contributed by atoms with Gasteiger partial charge in [-0.1, -0.05) is 18.2 Å². The fourth-order valence-electron chi connectivity index (χ4n) is 0.902. The summed E-state index contributed by atoms with van der Waals surface area (Å²) in [6, 6.07) is 9.52. The van der Waals surface area contributed by atoms with E-state index in [1.165, 1.54) is 0 Å². The summed E-state index contributed by atoms with van der Waals surface area (Å²) in [7, 11) is 0. The van der Waals surface area contributed by atoms with Crippen molar-refractivity contribution in [3.05, 3.63) is 30.3 Å². The highest BCUT2D eigenvalue weighted by molar-refractivity contribution is 5.21. The van der Waals surface area contributed by atoms with Crippen molar-refractivity contribution in [1.29, 1.82) is 0 Å². The van der Waals surface area contributed by atoms with Crippen LogP contribution in [0.15, 0.2) is 30.3 Å². The second-order valence-electron chi connectivity index (χ2n) is 2.60. The number of para-hydroxylation sites is 1. The normalized spacial score (nSPS) is 12.5. The standard InChI is InChI=1S/C9H13NO2/c1-8(7-10-11)12-9-5-3-2-4-6-9/h2-6,8,10-11H,7H2,1H3. The Morgan fingerprint density at radius 2 is 2.08 bits per heavy atom. The average molecular weight is 167 g/mol. The molecule has 0 aliphatic carbocycles. The Morgan fingerprint density at radius 1 is 1.42 bits per heavy atom. The molecule has 0 saturated heterocycles. The fourth-order valence-corrected chi connectivity index (χ4v) is 0.902. The number of hydrogen-bond donors (Lipinski definition) is 2. The highest BCUT2D eigenvalue weighted by Crippen LogP contribution is 2.09. The third kappa shape index (κ3) is 2.90. The average Bonchev–Trinajstić information content (AvgIpc) is 2.06. The van der Waals surface area contributed by atoms with E-state index < -0.39 is 0 Å². The fraction of sp³-hybridized carbons (Fsp3) is 0.333. The van der Waals surface area contributed by atoms with Crippen LogP contribution < -0.4 is 10.2 Å². The van der Waals surface area contributed by atoms with Crippen molar-refractivity contribution < 1.29 is 9.94 Å². The van der Waals surface area contributed by atoms with Crippen LogP contribution in [-0.4, -0.2) is 17.9 Å². The molecule has 0 aliphatic heterocycles. The van der Waals surface area contributed by atoms with Gasteiger partial charge in [-0.2, -0.15) is 0 Å². The molecule has 0 aromatic heterocycles. The summed E-state index contributed by atoms with van der Waals surface area (Å²) in [5, 5.41) is 8.38. The number of hydroxylamine groups is 1. The maximum Gasteiger partial charge on any atom is 0.119 e. The molecule has 2 N–H and O–H groups in total. The second kappa shape index (κ2) is 4.74. The molecule has 0 aliphatic rings. The molecular formula is C9H13NO2. The molecular weight excluding hydrogens is 154 g/mol. The number of benzene rings is 1. The Balaban J connectivity index is 2.41. The van der Waals surface area contributed by atoms with Gasteiger partial charge in [0.1, 0.15) is 11.9 Å². The van der Waals surface area contributed by atoms with Gasteiger partial charge in [0.25, 0.3) is 0 Å². The van der Waals surface area contributed by atoms with Gasteiger partial charge in [0.05, 0.1) is 6.54 Å². The van der Waals surface area contributed by atoms with Gasteiger partial charge in [0, 0.05) is 0 Å². The van der Waals surface area contributed by atoms with Gasteiger partial charge in [-0.25, -0.2) is 5.48 Å². The highest BCUT2D eigenvalue weighted by atomic mass is 16.5. The van der Waals surface area contributed by atoms with Crippen LogP contribution in [0.25, 0.3) is 0 Å². The van der Waals surface area contributed by atoms with Crippen LogP contribution >= 0.6 is 0 Å². The first kappa shape index (κ1) is 9.03. The third-order valence-electron chi connectivity index (χ3n) is 1.46. The quantitative estimate of drug-likeness (QED) is 0.666. The van der Waals surface area contributed by atoms with E-state index in [9.17, 15) is 0 Å². The Hall–Kier alpha value is -1.06. The van der Waals surface area contributed by atoms with Crippen LogP contribution in [0.5, 0.6) is 5.75 Å². The first-order chi connectivity index (χ1) is 5.83. The smallest absolute Gasteiger partial charge is 0.119 e. The molecule has 1 unspecified atom stereocenters. The summed E-state index contributed by atoms with van der Waals surface area (Å²) in [5.41, 5.74) is 2.06. The molecule has 3 nitrogen and oxygen atoms in total. The largest absolute Gasteiger partial charge is 0.489 e. The van der Waals surface area contributed by atoms with Crippen molar-refractivity contribution in [1.82, 2.24) is 5.48 Å². The summed E-state index contributed by atoms with van der Waals surface area (Å²) < 4.78 is 5.43. The molecule has 0 bridgehead atoms. The summed E-state index contributed by atoms with van der Waals surface area (Å²) in [4.78, 5) is 0. The molecule has 0 heterocycles. The second-order valence-corrected chi connectivity index (χ2v) is 2.60. The van der Waals surface area contributed by atoms with Gasteiger partial charge in [0.2, 0.25) is 0 Å². The molecule has 1 atom stereocenters. The van der Waals surface area contributed by atoms with Gasteiger partial charge < -0.3 is 9.94 Å². The van der Waals surface area contributed by atoms with E-state index in [0.717, 1.165) is 5.75 Å². The number of rotatable bonds is 4. The van der Waals surface area contributed by atoms with Crippen molar-refractivity contribution in [2.75, 3.05) is 6.54 Å². The summed E-state index contributed by atoms with van der Waals surface area (Å²) >= 11 is 0. The SMILES string of the molecule is CC(CNO)Oc1ccccc1. The molecule has 66 valence electrons. The lowest BCUT2D eigenvalue weighted by atomic mass is 10.3. The van der Waals surface area contributed by atoms with Crippen LogP contribution in [0.1, 0.15) is 6.92 Å². The lowest BCUT2D eigenvalue weighted by Crippen LogP contribution is -2.26. The zero-order valence-corrected chi connectivity index (χ0v) is 7.03. The third-order valence-corrected chi connectivity index (χ3v) is 1.46. The summed E-state index contributed by atoms with van der Waals surface area (Å²) in [6.45, 7) is 2.31. The molecule has 12 heavy (non-hydrogen) atoms. The number of nitrogens with one attached hydrogen (secondary N) is 1. The zero-order valence-electron chi connectivity index (χ0n) is 7.03. The van der Waals surface area contributed by atoms with Crippen molar-refractivity contribution in [3.8, 4) is 5.75 Å².